The molecule has 1 aliphatic carbocycles. The highest BCUT2D eigenvalue weighted by Gasteiger charge is 2.55. The molecule has 0 aromatic rings. The molecule has 1 heterocycles. The highest BCUT2D eigenvalue weighted by molar-refractivity contribution is 6.40. The van der Waals surface area contributed by atoms with Gasteiger partial charge in [-0.2, -0.15) is 26.3 Å². The first-order valence-electron chi connectivity index (χ1n) is 4.94. The average molecular weight is 285 g/mol. The first-order chi connectivity index (χ1) is 8.51. The van der Waals surface area contributed by atoms with Gasteiger partial charge in [-0.25, -0.2) is 0 Å². The Labute approximate surface area is 101 Å². The fourth-order valence-corrected chi connectivity index (χ4v) is 2.00. The number of Topliss-reactive ketones (excluding diaryl/α,β-unsaturated/α-hetero) is 1. The van der Waals surface area contributed by atoms with Crippen molar-refractivity contribution in [3.05, 3.63) is 23.4 Å². The van der Waals surface area contributed by atoms with Gasteiger partial charge in [0.25, 0.3) is 5.91 Å². The summed E-state index contributed by atoms with van der Waals surface area (Å²) in [6.45, 7) is 0. The Morgan fingerprint density at radius 3 is 2.11 bits per heavy atom. The second-order valence-corrected chi connectivity index (χ2v) is 4.08. The first kappa shape index (κ1) is 13.6. The van der Waals surface area contributed by atoms with E-state index in [4.69, 9.17) is 0 Å². The van der Waals surface area contributed by atoms with Crippen molar-refractivity contribution in [2.75, 3.05) is 0 Å². The number of ketones is 1. The van der Waals surface area contributed by atoms with Gasteiger partial charge in [0, 0.05) is 5.70 Å². The SMILES string of the molecule is O=C1NC2=CC(C(F)(F)F)=CC(C(F)(F)F)C2C1=O. The number of halogens is 6. The van der Waals surface area contributed by atoms with E-state index < -0.39 is 47.1 Å². The lowest BCUT2D eigenvalue weighted by atomic mass is 9.82. The van der Waals surface area contributed by atoms with Crippen molar-refractivity contribution >= 4 is 11.7 Å². The van der Waals surface area contributed by atoms with E-state index >= 15 is 0 Å². The third-order valence-corrected chi connectivity index (χ3v) is 2.83. The molecule has 1 saturated heterocycles. The van der Waals surface area contributed by atoms with Gasteiger partial charge in [0.15, 0.2) is 0 Å². The van der Waals surface area contributed by atoms with E-state index in [1.807, 2.05) is 0 Å². The number of hydrogen-bond donors (Lipinski definition) is 1. The average Bonchev–Trinajstić information content (AvgIpc) is 2.51. The minimum atomic E-state index is -5.05. The van der Waals surface area contributed by atoms with Gasteiger partial charge in [-0.15, -0.1) is 0 Å². The van der Waals surface area contributed by atoms with Crippen LogP contribution in [0.5, 0.6) is 0 Å². The van der Waals surface area contributed by atoms with Gasteiger partial charge in [-0.1, -0.05) is 6.08 Å². The van der Waals surface area contributed by atoms with Crippen molar-refractivity contribution in [3.63, 3.8) is 0 Å². The van der Waals surface area contributed by atoms with Gasteiger partial charge in [0.1, 0.15) is 0 Å². The molecule has 104 valence electrons. The van der Waals surface area contributed by atoms with E-state index in [1.54, 1.807) is 5.32 Å². The molecule has 2 unspecified atom stereocenters. The van der Waals surface area contributed by atoms with Crippen molar-refractivity contribution in [2.24, 2.45) is 11.8 Å². The Morgan fingerprint density at radius 2 is 1.63 bits per heavy atom. The molecule has 9 heteroatoms. The fourth-order valence-electron chi connectivity index (χ4n) is 2.00. The highest BCUT2D eigenvalue weighted by Crippen LogP contribution is 2.44. The summed E-state index contributed by atoms with van der Waals surface area (Å²) in [5.41, 5.74) is -2.19. The third-order valence-electron chi connectivity index (χ3n) is 2.83. The van der Waals surface area contributed by atoms with Crippen LogP contribution >= 0.6 is 0 Å². The summed E-state index contributed by atoms with van der Waals surface area (Å²) in [4.78, 5) is 22.3. The molecule has 1 fully saturated rings. The Kier molecular flexibility index (Phi) is 2.76. The number of fused-ring (bicyclic) bond motifs is 1. The minimum absolute atomic E-state index is 0.0631. The number of rotatable bonds is 0. The molecule has 2 atom stereocenters. The summed E-state index contributed by atoms with van der Waals surface area (Å²) in [7, 11) is 0. The fraction of sp³-hybridized carbons (Fsp3) is 0.400. The number of hydrogen-bond acceptors (Lipinski definition) is 2. The van der Waals surface area contributed by atoms with Crippen molar-refractivity contribution < 1.29 is 35.9 Å². The van der Waals surface area contributed by atoms with Crippen molar-refractivity contribution in [2.45, 2.75) is 12.4 Å². The molecular formula is C10H5F6NO2. The Balaban J connectivity index is 2.52. The molecule has 0 radical (unpaired) electrons. The standard InChI is InChI=1S/C10H5F6NO2/c11-9(12,13)3-1-4(10(14,15)16)6-5(2-3)17-8(19)7(6)18/h1-2,4,6H,(H,17,19). The van der Waals surface area contributed by atoms with Crippen LogP contribution in [0.15, 0.2) is 23.4 Å². The molecule has 0 bridgehead atoms. The van der Waals surface area contributed by atoms with Crippen molar-refractivity contribution in [3.8, 4) is 0 Å². The first-order valence-corrected chi connectivity index (χ1v) is 4.94. The normalized spacial score (nSPS) is 27.7. The molecule has 2 rings (SSSR count). The second kappa shape index (κ2) is 3.84. The zero-order valence-electron chi connectivity index (χ0n) is 8.89. The number of carbonyl (C=O) groups excluding carboxylic acids is 2. The van der Waals surface area contributed by atoms with E-state index in [2.05, 4.69) is 0 Å². The molecule has 19 heavy (non-hydrogen) atoms. The molecule has 1 aliphatic heterocycles. The zero-order chi connectivity index (χ0) is 14.6. The molecule has 0 aromatic carbocycles. The smallest absolute Gasteiger partial charge is 0.322 e. The zero-order valence-corrected chi connectivity index (χ0v) is 8.89. The highest BCUT2D eigenvalue weighted by atomic mass is 19.4. The van der Waals surface area contributed by atoms with Crippen LogP contribution in [-0.4, -0.2) is 24.0 Å². The topological polar surface area (TPSA) is 46.2 Å². The third kappa shape index (κ3) is 2.24. The molecular weight excluding hydrogens is 280 g/mol. The molecule has 1 N–H and O–H groups in total. The van der Waals surface area contributed by atoms with Gasteiger partial charge in [-0.05, 0) is 6.08 Å². The van der Waals surface area contributed by atoms with Gasteiger partial charge < -0.3 is 5.32 Å². The van der Waals surface area contributed by atoms with Crippen molar-refractivity contribution in [1.29, 1.82) is 0 Å². The van der Waals surface area contributed by atoms with Crippen molar-refractivity contribution in [1.82, 2.24) is 5.32 Å². The van der Waals surface area contributed by atoms with Gasteiger partial charge in [0.2, 0.25) is 5.78 Å². The number of amides is 1. The van der Waals surface area contributed by atoms with Gasteiger partial charge >= 0.3 is 12.4 Å². The van der Waals surface area contributed by atoms with E-state index in [9.17, 15) is 35.9 Å². The lowest BCUT2D eigenvalue weighted by Gasteiger charge is -2.27. The maximum atomic E-state index is 12.7. The van der Waals surface area contributed by atoms with Crippen LogP contribution < -0.4 is 5.32 Å². The number of nitrogens with one attached hydrogen (secondary N) is 1. The van der Waals surface area contributed by atoms with Crippen LogP contribution in [0.4, 0.5) is 26.3 Å². The van der Waals surface area contributed by atoms with Crippen LogP contribution in [0, 0.1) is 11.8 Å². The van der Waals surface area contributed by atoms with Crippen LogP contribution in [0.3, 0.4) is 0 Å². The number of allylic oxidation sites excluding steroid dienone is 4. The van der Waals surface area contributed by atoms with Crippen LogP contribution in [0.25, 0.3) is 0 Å². The molecule has 0 spiro atoms. The predicted octanol–water partition coefficient (Wildman–Crippen LogP) is 1.87. The quantitative estimate of drug-likeness (QED) is 0.545. The Morgan fingerprint density at radius 1 is 1.05 bits per heavy atom. The van der Waals surface area contributed by atoms with Gasteiger partial charge in [0.05, 0.1) is 17.4 Å². The molecule has 1 amide bonds. The number of alkyl halides is 6. The molecule has 2 aliphatic rings. The van der Waals surface area contributed by atoms with Crippen LogP contribution in [-0.2, 0) is 9.59 Å². The summed E-state index contributed by atoms with van der Waals surface area (Å²) in [6, 6.07) is 0. The molecule has 3 nitrogen and oxygen atoms in total. The van der Waals surface area contributed by atoms with Crippen LogP contribution in [0.1, 0.15) is 0 Å². The lowest BCUT2D eigenvalue weighted by molar-refractivity contribution is -0.175. The minimum Gasteiger partial charge on any atom is -0.322 e. The summed E-state index contributed by atoms with van der Waals surface area (Å²) in [5, 5.41) is 1.74. The predicted molar refractivity (Wildman–Crippen MR) is 48.4 cm³/mol. The largest absolute Gasteiger partial charge is 0.416 e. The van der Waals surface area contributed by atoms with E-state index in [1.165, 1.54) is 0 Å². The van der Waals surface area contributed by atoms with Crippen LogP contribution in [0.2, 0.25) is 0 Å². The van der Waals surface area contributed by atoms with Gasteiger partial charge in [-0.3, -0.25) is 9.59 Å². The maximum absolute atomic E-state index is 12.7. The Hall–Kier alpha value is -1.80. The monoisotopic (exact) mass is 285 g/mol. The summed E-state index contributed by atoms with van der Waals surface area (Å²) < 4.78 is 75.6. The van der Waals surface area contributed by atoms with E-state index in [0.717, 1.165) is 0 Å². The van der Waals surface area contributed by atoms with E-state index in [0.29, 0.717) is 6.08 Å². The lowest BCUT2D eigenvalue weighted by Crippen LogP contribution is -2.36. The Bertz CT molecular complexity index is 513. The van der Waals surface area contributed by atoms with E-state index in [-0.39, 0.29) is 6.08 Å². The maximum Gasteiger partial charge on any atom is 0.416 e. The summed E-state index contributed by atoms with van der Waals surface area (Å²) in [6.07, 6.45) is -9.75. The second-order valence-electron chi connectivity index (χ2n) is 4.08. The molecule has 0 saturated carbocycles. The summed E-state index contributed by atoms with van der Waals surface area (Å²) >= 11 is 0. The summed E-state index contributed by atoms with van der Waals surface area (Å²) in [5.74, 6) is -7.32. The molecule has 0 aromatic heterocycles. The number of carbonyl (C=O) groups is 2.